The summed E-state index contributed by atoms with van der Waals surface area (Å²) in [5.74, 6) is 1.38. The van der Waals surface area contributed by atoms with Gasteiger partial charge in [-0.05, 0) is 72.8 Å². The predicted molar refractivity (Wildman–Crippen MR) is 119 cm³/mol. The van der Waals surface area contributed by atoms with Crippen LogP contribution in [0.1, 0.15) is 19.7 Å². The molecular formula is C21H21F2N7O2S. The number of benzene rings is 2. The SMILES string of the molecule is CCN(CC)c1ccc(-c2nnc(SCc3nnnn3-c3ccc(OC(F)F)cc3)o2)cc1. The summed E-state index contributed by atoms with van der Waals surface area (Å²) in [4.78, 5) is 2.25. The largest absolute Gasteiger partial charge is 0.435 e. The summed E-state index contributed by atoms with van der Waals surface area (Å²) in [7, 11) is 0. The first-order valence-electron chi connectivity index (χ1n) is 10.2. The molecule has 0 N–H and O–H groups in total. The molecule has 0 unspecified atom stereocenters. The minimum Gasteiger partial charge on any atom is -0.435 e. The lowest BCUT2D eigenvalue weighted by atomic mass is 10.2. The molecule has 0 bridgehead atoms. The highest BCUT2D eigenvalue weighted by Crippen LogP contribution is 2.27. The average Bonchev–Trinajstić information content (AvgIpc) is 3.49. The van der Waals surface area contributed by atoms with Gasteiger partial charge in [-0.3, -0.25) is 0 Å². The quantitative estimate of drug-likeness (QED) is 0.310. The Bertz CT molecular complexity index is 1160. The number of rotatable bonds is 10. The topological polar surface area (TPSA) is 95.0 Å². The monoisotopic (exact) mass is 473 g/mol. The standard InChI is InChI=1S/C21H21F2N7O2S/c1-3-29(4-2)15-7-5-14(6-8-15)19-25-26-21(32-19)33-13-18-24-27-28-30(18)16-9-11-17(12-10-16)31-20(22)23/h5-12,20H,3-4,13H2,1-2H3. The summed E-state index contributed by atoms with van der Waals surface area (Å²) >= 11 is 1.29. The number of thioether (sulfide) groups is 1. The van der Waals surface area contributed by atoms with Crippen LogP contribution in [0.15, 0.2) is 58.2 Å². The summed E-state index contributed by atoms with van der Waals surface area (Å²) in [6.07, 6.45) is 0. The van der Waals surface area contributed by atoms with E-state index >= 15 is 0 Å². The van der Waals surface area contributed by atoms with Crippen LogP contribution in [0.3, 0.4) is 0 Å². The molecule has 4 aromatic rings. The Balaban J connectivity index is 1.41. The van der Waals surface area contributed by atoms with Crippen LogP contribution in [0.2, 0.25) is 0 Å². The molecule has 2 aromatic heterocycles. The van der Waals surface area contributed by atoms with Crippen molar-refractivity contribution >= 4 is 17.4 Å². The zero-order valence-corrected chi connectivity index (χ0v) is 18.7. The van der Waals surface area contributed by atoms with E-state index in [0.717, 1.165) is 24.3 Å². The van der Waals surface area contributed by atoms with Crippen LogP contribution in [-0.4, -0.2) is 50.1 Å². The lowest BCUT2D eigenvalue weighted by Gasteiger charge is -2.20. The minimum atomic E-state index is -2.88. The Morgan fingerprint density at radius 3 is 2.39 bits per heavy atom. The Labute approximate surface area is 192 Å². The summed E-state index contributed by atoms with van der Waals surface area (Å²) < 4.78 is 36.3. The third-order valence-corrected chi connectivity index (χ3v) is 5.63. The van der Waals surface area contributed by atoms with Crippen LogP contribution >= 0.6 is 11.8 Å². The van der Waals surface area contributed by atoms with Gasteiger partial charge in [0.2, 0.25) is 5.89 Å². The lowest BCUT2D eigenvalue weighted by molar-refractivity contribution is -0.0498. The third kappa shape index (κ3) is 5.45. The number of alkyl halides is 2. The molecule has 0 saturated carbocycles. The van der Waals surface area contributed by atoms with Crippen molar-refractivity contribution in [3.8, 4) is 22.9 Å². The first-order chi connectivity index (χ1) is 16.1. The Morgan fingerprint density at radius 2 is 1.73 bits per heavy atom. The van der Waals surface area contributed by atoms with E-state index in [4.69, 9.17) is 4.42 Å². The van der Waals surface area contributed by atoms with E-state index in [2.05, 4.69) is 49.2 Å². The van der Waals surface area contributed by atoms with Gasteiger partial charge in [0.15, 0.2) is 5.82 Å². The van der Waals surface area contributed by atoms with Crippen molar-refractivity contribution in [2.45, 2.75) is 31.4 Å². The fourth-order valence-electron chi connectivity index (χ4n) is 3.18. The second-order valence-electron chi connectivity index (χ2n) is 6.76. The smallest absolute Gasteiger partial charge is 0.387 e. The number of anilines is 1. The van der Waals surface area contributed by atoms with Crippen molar-refractivity contribution < 1.29 is 17.9 Å². The van der Waals surface area contributed by atoms with E-state index in [-0.39, 0.29) is 5.75 Å². The fourth-order valence-corrected chi connectivity index (χ4v) is 3.85. The normalized spacial score (nSPS) is 11.2. The summed E-state index contributed by atoms with van der Waals surface area (Å²) in [5.41, 5.74) is 2.58. The highest BCUT2D eigenvalue weighted by molar-refractivity contribution is 7.98. The molecule has 2 heterocycles. The van der Waals surface area contributed by atoms with Gasteiger partial charge in [0.25, 0.3) is 5.22 Å². The molecule has 0 aliphatic heterocycles. The summed E-state index contributed by atoms with van der Waals surface area (Å²) in [6.45, 7) is 3.22. The molecule has 0 aliphatic carbocycles. The molecular weight excluding hydrogens is 452 g/mol. The molecule has 0 radical (unpaired) electrons. The van der Waals surface area contributed by atoms with Gasteiger partial charge in [-0.15, -0.1) is 15.3 Å². The molecule has 0 fully saturated rings. The van der Waals surface area contributed by atoms with E-state index in [1.54, 1.807) is 12.1 Å². The van der Waals surface area contributed by atoms with Crippen LogP contribution in [0.5, 0.6) is 5.75 Å². The van der Waals surface area contributed by atoms with Crippen LogP contribution in [0.25, 0.3) is 17.1 Å². The zero-order valence-electron chi connectivity index (χ0n) is 17.9. The minimum absolute atomic E-state index is 0.0567. The molecule has 33 heavy (non-hydrogen) atoms. The van der Waals surface area contributed by atoms with Crippen molar-refractivity contribution in [3.05, 3.63) is 54.4 Å². The first-order valence-corrected chi connectivity index (χ1v) is 11.2. The molecule has 0 amide bonds. The van der Waals surface area contributed by atoms with Crippen LogP contribution < -0.4 is 9.64 Å². The molecule has 172 valence electrons. The molecule has 4 rings (SSSR count). The van der Waals surface area contributed by atoms with Crippen LogP contribution in [0.4, 0.5) is 14.5 Å². The molecule has 0 saturated heterocycles. The van der Waals surface area contributed by atoms with E-state index in [0.29, 0.717) is 28.4 Å². The number of tetrazole rings is 1. The van der Waals surface area contributed by atoms with Gasteiger partial charge in [0, 0.05) is 24.3 Å². The van der Waals surface area contributed by atoms with Gasteiger partial charge in [-0.2, -0.15) is 13.5 Å². The Morgan fingerprint density at radius 1 is 1.00 bits per heavy atom. The van der Waals surface area contributed by atoms with E-state index in [1.807, 2.05) is 24.3 Å². The molecule has 12 heteroatoms. The van der Waals surface area contributed by atoms with Gasteiger partial charge >= 0.3 is 6.61 Å². The van der Waals surface area contributed by atoms with Gasteiger partial charge < -0.3 is 14.1 Å². The first kappa shape index (κ1) is 22.6. The maximum atomic E-state index is 12.3. The van der Waals surface area contributed by atoms with Crippen LogP contribution in [-0.2, 0) is 5.75 Å². The van der Waals surface area contributed by atoms with Crippen molar-refractivity contribution in [3.63, 3.8) is 0 Å². The van der Waals surface area contributed by atoms with E-state index < -0.39 is 6.61 Å². The van der Waals surface area contributed by atoms with Crippen molar-refractivity contribution in [2.24, 2.45) is 0 Å². The molecule has 0 atom stereocenters. The number of halogens is 2. The maximum Gasteiger partial charge on any atom is 0.387 e. The number of aromatic nitrogens is 6. The predicted octanol–water partition coefficient (Wildman–Crippen LogP) is 4.45. The van der Waals surface area contributed by atoms with E-state index in [1.165, 1.54) is 28.6 Å². The molecule has 2 aromatic carbocycles. The second-order valence-corrected chi connectivity index (χ2v) is 7.69. The average molecular weight is 474 g/mol. The van der Waals surface area contributed by atoms with Crippen molar-refractivity contribution in [2.75, 3.05) is 18.0 Å². The fraction of sp³-hybridized carbons (Fsp3) is 0.286. The third-order valence-electron chi connectivity index (χ3n) is 4.81. The zero-order chi connectivity index (χ0) is 23.2. The Kier molecular flexibility index (Phi) is 7.13. The molecule has 0 spiro atoms. The van der Waals surface area contributed by atoms with Gasteiger partial charge in [0.1, 0.15) is 5.75 Å². The Hall–Kier alpha value is -3.54. The number of ether oxygens (including phenoxy) is 1. The molecule has 0 aliphatic rings. The van der Waals surface area contributed by atoms with E-state index in [9.17, 15) is 8.78 Å². The summed E-state index contributed by atoms with van der Waals surface area (Å²) in [5, 5.41) is 20.3. The van der Waals surface area contributed by atoms with Crippen molar-refractivity contribution in [1.82, 2.24) is 30.4 Å². The van der Waals surface area contributed by atoms with Crippen molar-refractivity contribution in [1.29, 1.82) is 0 Å². The lowest BCUT2D eigenvalue weighted by Crippen LogP contribution is -2.21. The summed E-state index contributed by atoms with van der Waals surface area (Å²) in [6, 6.07) is 14.0. The van der Waals surface area contributed by atoms with Crippen LogP contribution in [0, 0.1) is 0 Å². The highest BCUT2D eigenvalue weighted by Gasteiger charge is 2.14. The maximum absolute atomic E-state index is 12.3. The second kappa shape index (κ2) is 10.4. The highest BCUT2D eigenvalue weighted by atomic mass is 32.2. The molecule has 9 nitrogen and oxygen atoms in total. The number of hydrogen-bond acceptors (Lipinski definition) is 9. The van der Waals surface area contributed by atoms with Gasteiger partial charge in [-0.1, -0.05) is 11.8 Å². The van der Waals surface area contributed by atoms with Gasteiger partial charge in [-0.25, -0.2) is 0 Å². The number of hydrogen-bond donors (Lipinski definition) is 0. The van der Waals surface area contributed by atoms with Gasteiger partial charge in [0.05, 0.1) is 11.4 Å². The number of nitrogens with zero attached hydrogens (tertiary/aromatic N) is 7.